The summed E-state index contributed by atoms with van der Waals surface area (Å²) in [4.78, 5) is 1.27. The van der Waals surface area contributed by atoms with Crippen molar-refractivity contribution in [3.05, 3.63) is 21.3 Å². The molecule has 16 heavy (non-hydrogen) atoms. The van der Waals surface area contributed by atoms with Crippen LogP contribution in [0.3, 0.4) is 0 Å². The molecular formula is C12H20ClNOS. The fraction of sp³-hybridized carbons (Fsp3) is 0.667. The molecule has 1 heterocycles. The molecule has 0 aliphatic heterocycles. The number of nitrogens with one attached hydrogen (secondary N) is 1. The molecule has 0 aliphatic rings. The predicted molar refractivity (Wildman–Crippen MR) is 71.1 cm³/mol. The fourth-order valence-corrected chi connectivity index (χ4v) is 2.66. The number of aliphatic hydroxyl groups is 1. The van der Waals surface area contributed by atoms with Gasteiger partial charge in [-0.05, 0) is 24.3 Å². The lowest BCUT2D eigenvalue weighted by Crippen LogP contribution is -2.29. The summed E-state index contributed by atoms with van der Waals surface area (Å²) < 4.78 is 0. The lowest BCUT2D eigenvalue weighted by molar-refractivity contribution is 0.236. The van der Waals surface area contributed by atoms with Gasteiger partial charge < -0.3 is 10.4 Å². The molecule has 0 saturated carbocycles. The molecular weight excluding hydrogens is 242 g/mol. The van der Waals surface area contributed by atoms with Gasteiger partial charge in [0.15, 0.2) is 0 Å². The van der Waals surface area contributed by atoms with Crippen LogP contribution in [0.15, 0.2) is 11.4 Å². The van der Waals surface area contributed by atoms with E-state index in [-0.39, 0.29) is 12.0 Å². The molecule has 0 aliphatic carbocycles. The van der Waals surface area contributed by atoms with Crippen LogP contribution in [0, 0.1) is 5.41 Å². The number of aliphatic hydroxyl groups excluding tert-OH is 1. The molecule has 0 radical (unpaired) electrons. The second-order valence-corrected chi connectivity index (χ2v) is 6.26. The number of thiophene rings is 1. The van der Waals surface area contributed by atoms with Gasteiger partial charge >= 0.3 is 0 Å². The number of rotatable bonds is 7. The summed E-state index contributed by atoms with van der Waals surface area (Å²) in [6.07, 6.45) is 1.92. The van der Waals surface area contributed by atoms with Crippen molar-refractivity contribution >= 4 is 22.9 Å². The van der Waals surface area contributed by atoms with Crippen molar-refractivity contribution in [3.63, 3.8) is 0 Å². The van der Waals surface area contributed by atoms with Crippen LogP contribution < -0.4 is 5.32 Å². The van der Waals surface area contributed by atoms with Gasteiger partial charge in [-0.2, -0.15) is 0 Å². The molecule has 0 aromatic carbocycles. The summed E-state index contributed by atoms with van der Waals surface area (Å²) in [5, 5.41) is 15.0. The monoisotopic (exact) mass is 261 g/mol. The maximum absolute atomic E-state index is 8.80. The smallest absolute Gasteiger partial charge is 0.0516 e. The van der Waals surface area contributed by atoms with Gasteiger partial charge in [-0.25, -0.2) is 0 Å². The summed E-state index contributed by atoms with van der Waals surface area (Å²) in [7, 11) is 0. The molecule has 1 rings (SSSR count). The highest BCUT2D eigenvalue weighted by molar-refractivity contribution is 7.10. The Labute approximate surface area is 107 Å². The van der Waals surface area contributed by atoms with Crippen LogP contribution in [0.2, 0.25) is 5.02 Å². The Kier molecular flexibility index (Phi) is 5.76. The molecule has 1 aromatic heterocycles. The number of hydrogen-bond donors (Lipinski definition) is 2. The first kappa shape index (κ1) is 14.0. The topological polar surface area (TPSA) is 32.3 Å². The van der Waals surface area contributed by atoms with Gasteiger partial charge in [0.2, 0.25) is 0 Å². The Morgan fingerprint density at radius 3 is 2.81 bits per heavy atom. The first-order valence-electron chi connectivity index (χ1n) is 5.58. The summed E-state index contributed by atoms with van der Waals surface area (Å²) in [5.74, 6) is 0. The van der Waals surface area contributed by atoms with E-state index in [0.717, 1.165) is 31.0 Å². The quantitative estimate of drug-likeness (QED) is 0.790. The van der Waals surface area contributed by atoms with Gasteiger partial charge in [-0.1, -0.05) is 25.4 Å². The SMILES string of the molecule is CC(C)(CCCO)CNCc1cc(Cl)cs1. The first-order valence-corrected chi connectivity index (χ1v) is 6.84. The zero-order valence-electron chi connectivity index (χ0n) is 9.92. The third-order valence-electron chi connectivity index (χ3n) is 2.54. The average Bonchev–Trinajstić information content (AvgIpc) is 2.61. The zero-order chi connectivity index (χ0) is 12.0. The average molecular weight is 262 g/mol. The lowest BCUT2D eigenvalue weighted by atomic mass is 9.88. The molecule has 1 aromatic rings. The van der Waals surface area contributed by atoms with Crippen molar-refractivity contribution in [2.75, 3.05) is 13.2 Å². The van der Waals surface area contributed by atoms with Crippen molar-refractivity contribution in [1.29, 1.82) is 0 Å². The standard InChI is InChI=1S/C12H20ClNOS/c1-12(2,4-3-5-15)9-14-7-11-6-10(13)8-16-11/h6,8,14-15H,3-5,7,9H2,1-2H3. The van der Waals surface area contributed by atoms with E-state index < -0.39 is 0 Å². The molecule has 92 valence electrons. The molecule has 2 N–H and O–H groups in total. The fourth-order valence-electron chi connectivity index (χ4n) is 1.62. The molecule has 4 heteroatoms. The van der Waals surface area contributed by atoms with E-state index in [2.05, 4.69) is 19.2 Å². The van der Waals surface area contributed by atoms with E-state index in [1.54, 1.807) is 11.3 Å². The van der Waals surface area contributed by atoms with Gasteiger partial charge in [0.25, 0.3) is 0 Å². The molecule has 0 atom stereocenters. The van der Waals surface area contributed by atoms with E-state index in [1.807, 2.05) is 11.4 Å². The van der Waals surface area contributed by atoms with E-state index in [4.69, 9.17) is 16.7 Å². The molecule has 0 fully saturated rings. The third kappa shape index (κ3) is 5.30. The second kappa shape index (κ2) is 6.60. The van der Waals surface area contributed by atoms with Crippen molar-refractivity contribution < 1.29 is 5.11 Å². The zero-order valence-corrected chi connectivity index (χ0v) is 11.5. The summed E-state index contributed by atoms with van der Waals surface area (Å²) in [6, 6.07) is 2.00. The summed E-state index contributed by atoms with van der Waals surface area (Å²) in [5.41, 5.74) is 0.240. The van der Waals surface area contributed by atoms with E-state index in [9.17, 15) is 0 Å². The Balaban J connectivity index is 2.24. The minimum atomic E-state index is 0.240. The maximum atomic E-state index is 8.80. The van der Waals surface area contributed by atoms with Gasteiger partial charge in [0.05, 0.1) is 5.02 Å². The van der Waals surface area contributed by atoms with Crippen molar-refractivity contribution in [1.82, 2.24) is 5.32 Å². The molecule has 0 spiro atoms. The molecule has 0 bridgehead atoms. The predicted octanol–water partition coefficient (Wildman–Crippen LogP) is 3.29. The van der Waals surface area contributed by atoms with Crippen LogP contribution in [-0.2, 0) is 6.54 Å². The highest BCUT2D eigenvalue weighted by atomic mass is 35.5. The lowest BCUT2D eigenvalue weighted by Gasteiger charge is -2.24. The maximum Gasteiger partial charge on any atom is 0.0516 e. The van der Waals surface area contributed by atoms with Gasteiger partial charge in [-0.3, -0.25) is 0 Å². The van der Waals surface area contributed by atoms with Crippen molar-refractivity contribution in [2.24, 2.45) is 5.41 Å². The highest BCUT2D eigenvalue weighted by Gasteiger charge is 2.16. The van der Waals surface area contributed by atoms with Gasteiger partial charge in [0.1, 0.15) is 0 Å². The minimum absolute atomic E-state index is 0.240. The van der Waals surface area contributed by atoms with Crippen LogP contribution in [0.25, 0.3) is 0 Å². The Morgan fingerprint density at radius 1 is 1.50 bits per heavy atom. The minimum Gasteiger partial charge on any atom is -0.396 e. The second-order valence-electron chi connectivity index (χ2n) is 4.83. The van der Waals surface area contributed by atoms with E-state index in [1.165, 1.54) is 4.88 Å². The molecule has 0 unspecified atom stereocenters. The van der Waals surface area contributed by atoms with Crippen molar-refractivity contribution in [2.45, 2.75) is 33.2 Å². The Hall–Kier alpha value is -0.0900. The summed E-state index contributed by atoms with van der Waals surface area (Å²) >= 11 is 7.54. The van der Waals surface area contributed by atoms with Crippen molar-refractivity contribution in [3.8, 4) is 0 Å². The third-order valence-corrected chi connectivity index (χ3v) is 3.82. The number of hydrogen-bond acceptors (Lipinski definition) is 3. The highest BCUT2D eigenvalue weighted by Crippen LogP contribution is 2.22. The molecule has 0 amide bonds. The van der Waals surface area contributed by atoms with Crippen LogP contribution in [0.4, 0.5) is 0 Å². The van der Waals surface area contributed by atoms with Crippen LogP contribution in [-0.4, -0.2) is 18.3 Å². The summed E-state index contributed by atoms with van der Waals surface area (Å²) in [6.45, 7) is 6.56. The van der Waals surface area contributed by atoms with Gasteiger partial charge in [-0.15, -0.1) is 11.3 Å². The van der Waals surface area contributed by atoms with Crippen LogP contribution >= 0.6 is 22.9 Å². The Bertz CT molecular complexity index is 312. The molecule has 0 saturated heterocycles. The van der Waals surface area contributed by atoms with Gasteiger partial charge in [0, 0.05) is 30.0 Å². The first-order chi connectivity index (χ1) is 7.53. The Morgan fingerprint density at radius 2 is 2.25 bits per heavy atom. The van der Waals surface area contributed by atoms with Crippen LogP contribution in [0.1, 0.15) is 31.6 Å². The largest absolute Gasteiger partial charge is 0.396 e. The number of halogens is 1. The van der Waals surface area contributed by atoms with E-state index >= 15 is 0 Å². The van der Waals surface area contributed by atoms with E-state index in [0.29, 0.717) is 0 Å². The normalized spacial score (nSPS) is 12.0. The van der Waals surface area contributed by atoms with Crippen LogP contribution in [0.5, 0.6) is 0 Å². The molecule has 2 nitrogen and oxygen atoms in total.